The molecule has 106 valence electrons. The van der Waals surface area contributed by atoms with Crippen molar-refractivity contribution in [2.45, 2.75) is 39.8 Å². The number of likely N-dealkylation sites (N-methyl/N-ethyl adjacent to an activating group) is 1. The average molecular weight is 263 g/mol. The van der Waals surface area contributed by atoms with Crippen molar-refractivity contribution in [1.29, 1.82) is 0 Å². The molecule has 1 unspecified atom stereocenters. The zero-order valence-electron chi connectivity index (χ0n) is 12.1. The fourth-order valence-corrected chi connectivity index (χ4v) is 2.05. The van der Waals surface area contributed by atoms with E-state index in [1.165, 1.54) is 0 Å². The number of anilines is 1. The number of rotatable bonds is 7. The van der Waals surface area contributed by atoms with Crippen LogP contribution in [0.3, 0.4) is 0 Å². The van der Waals surface area contributed by atoms with Crippen molar-refractivity contribution < 1.29 is 4.79 Å². The van der Waals surface area contributed by atoms with Crippen molar-refractivity contribution in [3.8, 4) is 0 Å². The first-order valence-electron chi connectivity index (χ1n) is 6.96. The van der Waals surface area contributed by atoms with Crippen LogP contribution >= 0.6 is 0 Å². The third-order valence-electron chi connectivity index (χ3n) is 3.30. The van der Waals surface area contributed by atoms with Gasteiger partial charge in [-0.05, 0) is 44.1 Å². The van der Waals surface area contributed by atoms with Gasteiger partial charge in [0.25, 0.3) is 0 Å². The molecule has 0 aliphatic rings. The summed E-state index contributed by atoms with van der Waals surface area (Å²) in [6, 6.07) is 7.54. The third-order valence-corrected chi connectivity index (χ3v) is 3.30. The van der Waals surface area contributed by atoms with E-state index in [1.54, 1.807) is 0 Å². The van der Waals surface area contributed by atoms with Crippen LogP contribution < -0.4 is 11.1 Å². The molecule has 1 aromatic carbocycles. The summed E-state index contributed by atoms with van der Waals surface area (Å²) in [6.07, 6.45) is 1.05. The molecule has 3 N–H and O–H groups in total. The second-order valence-electron chi connectivity index (χ2n) is 4.69. The Morgan fingerprint density at radius 1 is 1.32 bits per heavy atom. The van der Waals surface area contributed by atoms with Crippen molar-refractivity contribution in [2.24, 2.45) is 5.73 Å². The summed E-state index contributed by atoms with van der Waals surface area (Å²) < 4.78 is 0. The minimum absolute atomic E-state index is 0.0378. The van der Waals surface area contributed by atoms with Crippen LogP contribution in [0.1, 0.15) is 32.8 Å². The molecule has 0 saturated heterocycles. The second-order valence-corrected chi connectivity index (χ2v) is 4.69. The van der Waals surface area contributed by atoms with Gasteiger partial charge >= 0.3 is 0 Å². The molecule has 0 aromatic heterocycles. The number of hydrogen-bond acceptors (Lipinski definition) is 3. The molecular formula is C15H25N3O. The predicted molar refractivity (Wildman–Crippen MR) is 80.0 cm³/mol. The van der Waals surface area contributed by atoms with E-state index in [9.17, 15) is 4.79 Å². The van der Waals surface area contributed by atoms with Crippen LogP contribution in [0.4, 0.5) is 5.69 Å². The standard InChI is InChI=1S/C15H25N3O/c1-4-10-18(5-2)12(3)15(19)17-14-8-6-13(11-16)7-9-14/h6-9,12H,4-5,10-11,16H2,1-3H3,(H,17,19). The Hall–Kier alpha value is -1.39. The van der Waals surface area contributed by atoms with E-state index < -0.39 is 0 Å². The van der Waals surface area contributed by atoms with Crippen LogP contribution in [0.5, 0.6) is 0 Å². The van der Waals surface area contributed by atoms with Gasteiger partial charge in [-0.25, -0.2) is 0 Å². The van der Waals surface area contributed by atoms with Crippen molar-refractivity contribution in [2.75, 3.05) is 18.4 Å². The molecule has 1 aromatic rings. The van der Waals surface area contributed by atoms with Crippen molar-refractivity contribution in [3.63, 3.8) is 0 Å². The number of carbonyl (C=O) groups excluding carboxylic acids is 1. The van der Waals surface area contributed by atoms with Crippen LogP contribution in [0.2, 0.25) is 0 Å². The van der Waals surface area contributed by atoms with E-state index >= 15 is 0 Å². The van der Waals surface area contributed by atoms with Gasteiger partial charge in [-0.2, -0.15) is 0 Å². The summed E-state index contributed by atoms with van der Waals surface area (Å²) in [7, 11) is 0. The van der Waals surface area contributed by atoms with Crippen molar-refractivity contribution in [3.05, 3.63) is 29.8 Å². The Morgan fingerprint density at radius 3 is 2.42 bits per heavy atom. The quantitative estimate of drug-likeness (QED) is 0.793. The maximum Gasteiger partial charge on any atom is 0.241 e. The van der Waals surface area contributed by atoms with Crippen LogP contribution in [0.15, 0.2) is 24.3 Å². The molecule has 0 radical (unpaired) electrons. The number of nitrogens with two attached hydrogens (primary N) is 1. The van der Waals surface area contributed by atoms with Crippen molar-refractivity contribution >= 4 is 11.6 Å². The SMILES string of the molecule is CCCN(CC)C(C)C(=O)Nc1ccc(CN)cc1. The van der Waals surface area contributed by atoms with E-state index in [4.69, 9.17) is 5.73 Å². The first-order chi connectivity index (χ1) is 9.12. The van der Waals surface area contributed by atoms with E-state index in [0.717, 1.165) is 30.8 Å². The smallest absolute Gasteiger partial charge is 0.241 e. The fourth-order valence-electron chi connectivity index (χ4n) is 2.05. The minimum atomic E-state index is -0.112. The van der Waals surface area contributed by atoms with Crippen molar-refractivity contribution in [1.82, 2.24) is 4.90 Å². The number of nitrogens with one attached hydrogen (secondary N) is 1. The van der Waals surface area contributed by atoms with Gasteiger partial charge in [0.2, 0.25) is 5.91 Å². The Balaban J connectivity index is 2.61. The number of carbonyl (C=O) groups is 1. The summed E-state index contributed by atoms with van der Waals surface area (Å²) >= 11 is 0. The van der Waals surface area contributed by atoms with Crippen LogP contribution in [0, 0.1) is 0 Å². The molecule has 0 bridgehead atoms. The Bertz CT molecular complexity index is 389. The molecule has 4 heteroatoms. The monoisotopic (exact) mass is 263 g/mol. The molecule has 0 saturated carbocycles. The summed E-state index contributed by atoms with van der Waals surface area (Å²) in [5, 5.41) is 2.94. The van der Waals surface area contributed by atoms with E-state index in [0.29, 0.717) is 6.54 Å². The largest absolute Gasteiger partial charge is 0.326 e. The van der Waals surface area contributed by atoms with E-state index in [-0.39, 0.29) is 11.9 Å². The lowest BCUT2D eigenvalue weighted by molar-refractivity contribution is -0.120. The van der Waals surface area contributed by atoms with Gasteiger partial charge in [0.05, 0.1) is 6.04 Å². The highest BCUT2D eigenvalue weighted by Gasteiger charge is 2.19. The summed E-state index contributed by atoms with van der Waals surface area (Å²) in [5.41, 5.74) is 7.43. The minimum Gasteiger partial charge on any atom is -0.326 e. The first-order valence-corrected chi connectivity index (χ1v) is 6.96. The molecule has 1 atom stereocenters. The summed E-state index contributed by atoms with van der Waals surface area (Å²) in [6.45, 7) is 8.49. The lowest BCUT2D eigenvalue weighted by Gasteiger charge is -2.26. The fraction of sp³-hybridized carbons (Fsp3) is 0.533. The molecule has 19 heavy (non-hydrogen) atoms. The number of amides is 1. The molecule has 1 amide bonds. The zero-order chi connectivity index (χ0) is 14.3. The van der Waals surface area contributed by atoms with E-state index in [1.807, 2.05) is 31.2 Å². The van der Waals surface area contributed by atoms with Gasteiger partial charge in [0, 0.05) is 12.2 Å². The summed E-state index contributed by atoms with van der Waals surface area (Å²) in [4.78, 5) is 14.3. The highest BCUT2D eigenvalue weighted by molar-refractivity contribution is 5.94. The normalized spacial score (nSPS) is 12.5. The molecule has 0 aliphatic heterocycles. The number of hydrogen-bond donors (Lipinski definition) is 2. The summed E-state index contributed by atoms with van der Waals surface area (Å²) in [5.74, 6) is 0.0378. The van der Waals surface area contributed by atoms with Gasteiger partial charge in [-0.3, -0.25) is 9.69 Å². The van der Waals surface area contributed by atoms with Gasteiger partial charge < -0.3 is 11.1 Å². The second kappa shape index (κ2) is 7.92. The number of benzene rings is 1. The van der Waals surface area contributed by atoms with Gasteiger partial charge in [0.15, 0.2) is 0 Å². The molecule has 0 spiro atoms. The van der Waals surface area contributed by atoms with Gasteiger partial charge in [0.1, 0.15) is 0 Å². The topological polar surface area (TPSA) is 58.4 Å². The van der Waals surface area contributed by atoms with Gasteiger partial charge in [-0.1, -0.05) is 26.0 Å². The first kappa shape index (κ1) is 15.7. The lowest BCUT2D eigenvalue weighted by atomic mass is 10.2. The van der Waals surface area contributed by atoms with Gasteiger partial charge in [-0.15, -0.1) is 0 Å². The van der Waals surface area contributed by atoms with Crippen LogP contribution in [-0.4, -0.2) is 29.9 Å². The Labute approximate surface area is 116 Å². The molecule has 0 aliphatic carbocycles. The van der Waals surface area contributed by atoms with Crippen LogP contribution in [0.25, 0.3) is 0 Å². The molecule has 4 nitrogen and oxygen atoms in total. The predicted octanol–water partition coefficient (Wildman–Crippen LogP) is 2.20. The maximum absolute atomic E-state index is 12.2. The Kier molecular flexibility index (Phi) is 6.53. The van der Waals surface area contributed by atoms with Crippen LogP contribution in [-0.2, 0) is 11.3 Å². The zero-order valence-corrected chi connectivity index (χ0v) is 12.1. The maximum atomic E-state index is 12.2. The average Bonchev–Trinajstić information content (AvgIpc) is 2.44. The molecule has 0 heterocycles. The molecule has 1 rings (SSSR count). The molecular weight excluding hydrogens is 238 g/mol. The highest BCUT2D eigenvalue weighted by Crippen LogP contribution is 2.11. The third kappa shape index (κ3) is 4.65. The number of nitrogens with zero attached hydrogens (tertiary/aromatic N) is 1. The Morgan fingerprint density at radius 2 is 1.95 bits per heavy atom. The highest BCUT2D eigenvalue weighted by atomic mass is 16.2. The van der Waals surface area contributed by atoms with E-state index in [2.05, 4.69) is 24.1 Å². The molecule has 0 fully saturated rings. The lowest BCUT2D eigenvalue weighted by Crippen LogP contribution is -2.42.